The third kappa shape index (κ3) is 5.27. The molecule has 0 aromatic rings. The van der Waals surface area contributed by atoms with Crippen LogP contribution in [0.25, 0.3) is 0 Å². The predicted octanol–water partition coefficient (Wildman–Crippen LogP) is 3.52. The Balaban J connectivity index is 2.25. The van der Waals surface area contributed by atoms with E-state index in [4.69, 9.17) is 0 Å². The zero-order valence-corrected chi connectivity index (χ0v) is 13.0. The fraction of sp³-hybridized carbons (Fsp3) is 1.00. The second kappa shape index (κ2) is 8.92. The highest BCUT2D eigenvalue weighted by molar-refractivity contribution is 4.79. The average Bonchev–Trinajstić information content (AvgIpc) is 2.43. The molecule has 2 heteroatoms. The maximum atomic E-state index is 3.41. The molecule has 0 amide bonds. The van der Waals surface area contributed by atoms with Gasteiger partial charge >= 0.3 is 0 Å². The molecule has 0 spiro atoms. The normalized spacial score (nSPS) is 22.0. The summed E-state index contributed by atoms with van der Waals surface area (Å²) < 4.78 is 0. The number of rotatable bonds is 8. The monoisotopic (exact) mass is 254 g/mol. The van der Waals surface area contributed by atoms with Crippen molar-refractivity contribution in [2.24, 2.45) is 11.8 Å². The molecule has 2 atom stereocenters. The van der Waals surface area contributed by atoms with Gasteiger partial charge in [0.2, 0.25) is 0 Å². The van der Waals surface area contributed by atoms with Gasteiger partial charge in [-0.2, -0.15) is 0 Å². The van der Waals surface area contributed by atoms with Gasteiger partial charge in [0.15, 0.2) is 0 Å². The molecule has 1 N–H and O–H groups in total. The lowest BCUT2D eigenvalue weighted by Gasteiger charge is -2.36. The van der Waals surface area contributed by atoms with Gasteiger partial charge < -0.3 is 10.2 Å². The zero-order valence-electron chi connectivity index (χ0n) is 13.0. The fourth-order valence-electron chi connectivity index (χ4n) is 3.15. The zero-order chi connectivity index (χ0) is 13.4. The van der Waals surface area contributed by atoms with Gasteiger partial charge in [0, 0.05) is 12.6 Å². The minimum absolute atomic E-state index is 0.689. The van der Waals surface area contributed by atoms with Crippen molar-refractivity contribution in [2.75, 3.05) is 26.7 Å². The average molecular weight is 254 g/mol. The molecule has 1 saturated heterocycles. The van der Waals surface area contributed by atoms with E-state index in [2.05, 4.69) is 38.0 Å². The summed E-state index contributed by atoms with van der Waals surface area (Å²) in [5, 5.41) is 3.41. The third-order valence-electron chi connectivity index (χ3n) is 4.85. The maximum Gasteiger partial charge on any atom is 0.00649 e. The first-order valence-corrected chi connectivity index (χ1v) is 8.10. The van der Waals surface area contributed by atoms with Crippen LogP contribution < -0.4 is 5.32 Å². The van der Waals surface area contributed by atoms with E-state index in [1.807, 2.05) is 0 Å². The van der Waals surface area contributed by atoms with Gasteiger partial charge in [-0.1, -0.05) is 33.1 Å². The van der Waals surface area contributed by atoms with Crippen LogP contribution in [0, 0.1) is 11.8 Å². The Morgan fingerprint density at radius 2 is 1.89 bits per heavy atom. The van der Waals surface area contributed by atoms with Crippen LogP contribution in [0.2, 0.25) is 0 Å². The van der Waals surface area contributed by atoms with Crippen LogP contribution in [0.5, 0.6) is 0 Å². The summed E-state index contributed by atoms with van der Waals surface area (Å²) in [6, 6.07) is 0.689. The minimum Gasteiger partial charge on any atom is -0.317 e. The molecule has 1 aliphatic heterocycles. The summed E-state index contributed by atoms with van der Waals surface area (Å²) in [6.45, 7) is 11.0. The van der Waals surface area contributed by atoms with Crippen LogP contribution in [0.3, 0.4) is 0 Å². The number of nitrogens with one attached hydrogen (secondary N) is 1. The van der Waals surface area contributed by atoms with Gasteiger partial charge in [0.05, 0.1) is 0 Å². The van der Waals surface area contributed by atoms with Crippen molar-refractivity contribution in [3.8, 4) is 0 Å². The number of hydrogen-bond acceptors (Lipinski definition) is 2. The molecule has 2 unspecified atom stereocenters. The SMILES string of the molecule is CCCCC(CC)CN1CCC(C(C)NC)CC1. The Labute approximate surface area is 115 Å². The Kier molecular flexibility index (Phi) is 7.92. The Hall–Kier alpha value is -0.0800. The Morgan fingerprint density at radius 1 is 1.22 bits per heavy atom. The molecule has 1 fully saturated rings. The summed E-state index contributed by atoms with van der Waals surface area (Å²) >= 11 is 0. The van der Waals surface area contributed by atoms with E-state index in [9.17, 15) is 0 Å². The highest BCUT2D eigenvalue weighted by Gasteiger charge is 2.23. The van der Waals surface area contributed by atoms with E-state index in [0.29, 0.717) is 6.04 Å². The van der Waals surface area contributed by atoms with Crippen molar-refractivity contribution in [3.05, 3.63) is 0 Å². The van der Waals surface area contributed by atoms with Crippen molar-refractivity contribution in [3.63, 3.8) is 0 Å². The lowest BCUT2D eigenvalue weighted by atomic mass is 9.89. The van der Waals surface area contributed by atoms with Crippen molar-refractivity contribution in [1.82, 2.24) is 10.2 Å². The Bertz CT molecular complexity index is 197. The molecule has 0 radical (unpaired) electrons. The summed E-state index contributed by atoms with van der Waals surface area (Å²) in [5.41, 5.74) is 0. The quantitative estimate of drug-likeness (QED) is 0.713. The van der Waals surface area contributed by atoms with E-state index < -0.39 is 0 Å². The smallest absolute Gasteiger partial charge is 0.00649 e. The first kappa shape index (κ1) is 16.0. The Morgan fingerprint density at radius 3 is 2.39 bits per heavy atom. The van der Waals surface area contributed by atoms with E-state index >= 15 is 0 Å². The van der Waals surface area contributed by atoms with Crippen LogP contribution in [0.1, 0.15) is 59.3 Å². The summed E-state index contributed by atoms with van der Waals surface area (Å²) in [5.74, 6) is 1.82. The third-order valence-corrected chi connectivity index (χ3v) is 4.85. The van der Waals surface area contributed by atoms with Crippen molar-refractivity contribution >= 4 is 0 Å². The second-order valence-electron chi connectivity index (χ2n) is 6.13. The van der Waals surface area contributed by atoms with Gasteiger partial charge in [0.1, 0.15) is 0 Å². The number of hydrogen-bond donors (Lipinski definition) is 1. The van der Waals surface area contributed by atoms with Crippen molar-refractivity contribution in [2.45, 2.75) is 65.3 Å². The molecular formula is C16H34N2. The number of likely N-dealkylation sites (tertiary alicyclic amines) is 1. The lowest BCUT2D eigenvalue weighted by molar-refractivity contribution is 0.140. The first-order valence-electron chi connectivity index (χ1n) is 8.10. The number of unbranched alkanes of at least 4 members (excludes halogenated alkanes) is 1. The highest BCUT2D eigenvalue weighted by Crippen LogP contribution is 2.23. The molecule has 0 aromatic carbocycles. The molecule has 0 aliphatic carbocycles. The molecule has 0 aromatic heterocycles. The standard InChI is InChI=1S/C16H34N2/c1-5-7-8-15(6-2)13-18-11-9-16(10-12-18)14(3)17-4/h14-17H,5-13H2,1-4H3. The topological polar surface area (TPSA) is 15.3 Å². The van der Waals surface area contributed by atoms with Gasteiger partial charge in [-0.05, 0) is 58.2 Å². The van der Waals surface area contributed by atoms with Crippen LogP contribution in [-0.2, 0) is 0 Å². The summed E-state index contributed by atoms with van der Waals surface area (Å²) in [4.78, 5) is 2.71. The van der Waals surface area contributed by atoms with Gasteiger partial charge in [-0.15, -0.1) is 0 Å². The minimum atomic E-state index is 0.689. The highest BCUT2D eigenvalue weighted by atomic mass is 15.1. The van der Waals surface area contributed by atoms with Gasteiger partial charge in [-0.25, -0.2) is 0 Å². The number of piperidine rings is 1. The molecule has 108 valence electrons. The van der Waals surface area contributed by atoms with E-state index in [0.717, 1.165) is 11.8 Å². The molecule has 0 bridgehead atoms. The van der Waals surface area contributed by atoms with Crippen LogP contribution in [0.15, 0.2) is 0 Å². The van der Waals surface area contributed by atoms with E-state index in [-0.39, 0.29) is 0 Å². The van der Waals surface area contributed by atoms with E-state index in [1.54, 1.807) is 0 Å². The van der Waals surface area contributed by atoms with Crippen LogP contribution in [-0.4, -0.2) is 37.6 Å². The molecule has 1 aliphatic rings. The maximum absolute atomic E-state index is 3.41. The molecule has 2 nitrogen and oxygen atoms in total. The lowest BCUT2D eigenvalue weighted by Crippen LogP contribution is -2.42. The second-order valence-corrected chi connectivity index (χ2v) is 6.13. The summed E-state index contributed by atoms with van der Waals surface area (Å²) in [7, 11) is 2.09. The predicted molar refractivity (Wildman–Crippen MR) is 81.0 cm³/mol. The molecule has 1 rings (SSSR count). The first-order chi connectivity index (χ1) is 8.71. The molecular weight excluding hydrogens is 220 g/mol. The van der Waals surface area contributed by atoms with Crippen molar-refractivity contribution < 1.29 is 0 Å². The molecule has 1 heterocycles. The van der Waals surface area contributed by atoms with Crippen LogP contribution in [0.4, 0.5) is 0 Å². The van der Waals surface area contributed by atoms with E-state index in [1.165, 1.54) is 58.2 Å². The summed E-state index contributed by atoms with van der Waals surface area (Å²) in [6.07, 6.45) is 8.30. The van der Waals surface area contributed by atoms with Gasteiger partial charge in [-0.3, -0.25) is 0 Å². The van der Waals surface area contributed by atoms with Gasteiger partial charge in [0.25, 0.3) is 0 Å². The fourth-order valence-corrected chi connectivity index (χ4v) is 3.15. The van der Waals surface area contributed by atoms with Crippen molar-refractivity contribution in [1.29, 1.82) is 0 Å². The molecule has 0 saturated carbocycles. The largest absolute Gasteiger partial charge is 0.317 e. The molecule has 18 heavy (non-hydrogen) atoms. The van der Waals surface area contributed by atoms with Crippen LogP contribution >= 0.6 is 0 Å². The number of nitrogens with zero attached hydrogens (tertiary/aromatic N) is 1.